The summed E-state index contributed by atoms with van der Waals surface area (Å²) in [6, 6.07) is 19.5. The molecule has 2 aromatic carbocycles. The molecule has 0 unspecified atom stereocenters. The molecule has 1 atom stereocenters. The van der Waals surface area contributed by atoms with Crippen molar-refractivity contribution < 1.29 is 0 Å². The van der Waals surface area contributed by atoms with Crippen LogP contribution in [0.4, 0.5) is 0 Å². The molecule has 1 aromatic heterocycles. The standard InChI is InChI=1S/C19H20N2/c1-14-8-10-16(11-9-14)15(2)21-13-18-6-3-5-17-7-4-12-20-19(17)18/h3-12,15,21H,13H2,1-2H3/t15-/m0/s1. The van der Waals surface area contributed by atoms with E-state index in [-0.39, 0.29) is 0 Å². The molecule has 1 N–H and O–H groups in total. The van der Waals surface area contributed by atoms with Gasteiger partial charge in [0.1, 0.15) is 0 Å². The van der Waals surface area contributed by atoms with Crippen LogP contribution in [0.3, 0.4) is 0 Å². The van der Waals surface area contributed by atoms with Crippen molar-refractivity contribution in [2.24, 2.45) is 0 Å². The third-order valence-corrected chi connectivity index (χ3v) is 3.89. The van der Waals surface area contributed by atoms with Gasteiger partial charge >= 0.3 is 0 Å². The lowest BCUT2D eigenvalue weighted by atomic mass is 10.1. The Morgan fingerprint density at radius 3 is 2.57 bits per heavy atom. The van der Waals surface area contributed by atoms with Gasteiger partial charge in [0, 0.05) is 24.2 Å². The number of nitrogens with one attached hydrogen (secondary N) is 1. The number of hydrogen-bond donors (Lipinski definition) is 1. The molecule has 0 aliphatic carbocycles. The van der Waals surface area contributed by atoms with Gasteiger partial charge in [-0.05, 0) is 31.0 Å². The maximum atomic E-state index is 4.50. The summed E-state index contributed by atoms with van der Waals surface area (Å²) in [4.78, 5) is 4.50. The van der Waals surface area contributed by atoms with Crippen LogP contribution in [0.1, 0.15) is 29.7 Å². The first-order chi connectivity index (χ1) is 10.2. The van der Waals surface area contributed by atoms with Gasteiger partial charge in [-0.1, -0.05) is 54.1 Å². The number of nitrogens with zero attached hydrogens (tertiary/aromatic N) is 1. The summed E-state index contributed by atoms with van der Waals surface area (Å²) in [6.45, 7) is 5.14. The third kappa shape index (κ3) is 3.11. The Labute approximate surface area is 125 Å². The number of aryl methyl sites for hydroxylation is 1. The van der Waals surface area contributed by atoms with Gasteiger partial charge in [-0.15, -0.1) is 0 Å². The smallest absolute Gasteiger partial charge is 0.0746 e. The summed E-state index contributed by atoms with van der Waals surface area (Å²) < 4.78 is 0. The second-order valence-corrected chi connectivity index (χ2v) is 5.51. The number of pyridine rings is 1. The molecule has 0 radical (unpaired) electrons. The van der Waals surface area contributed by atoms with Gasteiger partial charge < -0.3 is 5.32 Å². The molecule has 0 saturated carbocycles. The van der Waals surface area contributed by atoms with E-state index in [0.29, 0.717) is 6.04 Å². The molecule has 3 rings (SSSR count). The van der Waals surface area contributed by atoms with Crippen molar-refractivity contribution in [1.82, 2.24) is 10.3 Å². The molecule has 0 saturated heterocycles. The van der Waals surface area contributed by atoms with Gasteiger partial charge in [-0.25, -0.2) is 0 Å². The van der Waals surface area contributed by atoms with Crippen LogP contribution in [0, 0.1) is 6.92 Å². The van der Waals surface area contributed by atoms with E-state index < -0.39 is 0 Å². The van der Waals surface area contributed by atoms with Gasteiger partial charge in [0.2, 0.25) is 0 Å². The molecule has 0 spiro atoms. The quantitative estimate of drug-likeness (QED) is 0.764. The van der Waals surface area contributed by atoms with E-state index in [1.165, 1.54) is 22.1 Å². The first-order valence-corrected chi connectivity index (χ1v) is 7.36. The molecular weight excluding hydrogens is 256 g/mol. The van der Waals surface area contributed by atoms with Crippen molar-refractivity contribution in [3.63, 3.8) is 0 Å². The van der Waals surface area contributed by atoms with Crippen molar-refractivity contribution in [1.29, 1.82) is 0 Å². The predicted molar refractivity (Wildman–Crippen MR) is 88.2 cm³/mol. The van der Waals surface area contributed by atoms with Gasteiger partial charge in [0.15, 0.2) is 0 Å². The van der Waals surface area contributed by atoms with Crippen LogP contribution in [0.25, 0.3) is 10.9 Å². The highest BCUT2D eigenvalue weighted by Gasteiger charge is 2.06. The molecule has 3 aromatic rings. The van der Waals surface area contributed by atoms with Crippen molar-refractivity contribution in [3.05, 3.63) is 77.5 Å². The Morgan fingerprint density at radius 2 is 1.76 bits per heavy atom. The van der Waals surface area contributed by atoms with E-state index in [9.17, 15) is 0 Å². The van der Waals surface area contributed by atoms with Crippen molar-refractivity contribution in [2.75, 3.05) is 0 Å². The molecule has 2 heteroatoms. The average Bonchev–Trinajstić information content (AvgIpc) is 2.53. The van der Waals surface area contributed by atoms with Crippen LogP contribution >= 0.6 is 0 Å². The Morgan fingerprint density at radius 1 is 1.00 bits per heavy atom. The zero-order chi connectivity index (χ0) is 14.7. The normalized spacial score (nSPS) is 12.5. The first kappa shape index (κ1) is 13.8. The van der Waals surface area contributed by atoms with Crippen LogP contribution in [0.5, 0.6) is 0 Å². The molecule has 106 valence electrons. The minimum absolute atomic E-state index is 0.324. The number of fused-ring (bicyclic) bond motifs is 1. The molecule has 0 aliphatic rings. The van der Waals surface area contributed by atoms with E-state index in [4.69, 9.17) is 0 Å². The predicted octanol–water partition coefficient (Wildman–Crippen LogP) is 4.39. The van der Waals surface area contributed by atoms with E-state index in [1.54, 1.807) is 0 Å². The SMILES string of the molecule is Cc1ccc([C@H](C)NCc2cccc3cccnc23)cc1. The fourth-order valence-corrected chi connectivity index (χ4v) is 2.55. The summed E-state index contributed by atoms with van der Waals surface area (Å²) in [7, 11) is 0. The molecule has 1 heterocycles. The number of rotatable bonds is 4. The van der Waals surface area contributed by atoms with E-state index in [2.05, 4.69) is 72.7 Å². The van der Waals surface area contributed by atoms with E-state index in [1.807, 2.05) is 12.3 Å². The Hall–Kier alpha value is -2.19. The average molecular weight is 276 g/mol. The first-order valence-electron chi connectivity index (χ1n) is 7.36. The maximum absolute atomic E-state index is 4.50. The lowest BCUT2D eigenvalue weighted by molar-refractivity contribution is 0.576. The van der Waals surface area contributed by atoms with E-state index >= 15 is 0 Å². The fourth-order valence-electron chi connectivity index (χ4n) is 2.55. The topological polar surface area (TPSA) is 24.9 Å². The van der Waals surface area contributed by atoms with Gasteiger partial charge in [0.25, 0.3) is 0 Å². The summed E-state index contributed by atoms with van der Waals surface area (Å²) >= 11 is 0. The minimum Gasteiger partial charge on any atom is -0.306 e. The van der Waals surface area contributed by atoms with Gasteiger partial charge in [0.05, 0.1) is 5.52 Å². The molecule has 2 nitrogen and oxygen atoms in total. The summed E-state index contributed by atoms with van der Waals surface area (Å²) in [5.41, 5.74) is 4.94. The van der Waals surface area contributed by atoms with Gasteiger partial charge in [-0.2, -0.15) is 0 Å². The fraction of sp³-hybridized carbons (Fsp3) is 0.211. The van der Waals surface area contributed by atoms with Crippen LogP contribution in [0.15, 0.2) is 60.8 Å². The minimum atomic E-state index is 0.324. The summed E-state index contributed by atoms with van der Waals surface area (Å²) in [5.74, 6) is 0. The van der Waals surface area contributed by atoms with Crippen LogP contribution in [-0.2, 0) is 6.54 Å². The van der Waals surface area contributed by atoms with Crippen LogP contribution in [-0.4, -0.2) is 4.98 Å². The number of aromatic nitrogens is 1. The Bertz CT molecular complexity index is 727. The van der Waals surface area contributed by atoms with Gasteiger partial charge in [-0.3, -0.25) is 4.98 Å². The number of para-hydroxylation sites is 1. The lowest BCUT2D eigenvalue weighted by Crippen LogP contribution is -2.18. The van der Waals surface area contributed by atoms with E-state index in [0.717, 1.165) is 12.1 Å². The van der Waals surface area contributed by atoms with Crippen molar-refractivity contribution >= 4 is 10.9 Å². The van der Waals surface area contributed by atoms with Crippen molar-refractivity contribution in [3.8, 4) is 0 Å². The largest absolute Gasteiger partial charge is 0.306 e. The summed E-state index contributed by atoms with van der Waals surface area (Å²) in [6.07, 6.45) is 1.86. The Kier molecular flexibility index (Phi) is 3.98. The zero-order valence-corrected chi connectivity index (χ0v) is 12.5. The highest BCUT2D eigenvalue weighted by Crippen LogP contribution is 2.18. The summed E-state index contributed by atoms with van der Waals surface area (Å²) in [5, 5.41) is 4.78. The molecule has 0 amide bonds. The highest BCUT2D eigenvalue weighted by atomic mass is 14.9. The molecular formula is C19H20N2. The molecule has 0 fully saturated rings. The number of benzene rings is 2. The van der Waals surface area contributed by atoms with Crippen LogP contribution < -0.4 is 5.32 Å². The highest BCUT2D eigenvalue weighted by molar-refractivity contribution is 5.81. The maximum Gasteiger partial charge on any atom is 0.0746 e. The monoisotopic (exact) mass is 276 g/mol. The zero-order valence-electron chi connectivity index (χ0n) is 12.5. The number of hydrogen-bond acceptors (Lipinski definition) is 2. The molecule has 0 aliphatic heterocycles. The molecule has 21 heavy (non-hydrogen) atoms. The molecule has 0 bridgehead atoms. The third-order valence-electron chi connectivity index (χ3n) is 3.89. The second-order valence-electron chi connectivity index (χ2n) is 5.51. The van der Waals surface area contributed by atoms with Crippen LogP contribution in [0.2, 0.25) is 0 Å². The second kappa shape index (κ2) is 6.06. The van der Waals surface area contributed by atoms with Crippen molar-refractivity contribution in [2.45, 2.75) is 26.4 Å². The lowest BCUT2D eigenvalue weighted by Gasteiger charge is -2.15. The Balaban J connectivity index is 1.76.